The van der Waals surface area contributed by atoms with Crippen molar-refractivity contribution in [3.8, 4) is 28.0 Å². The lowest BCUT2D eigenvalue weighted by Gasteiger charge is -2.08. The predicted octanol–water partition coefficient (Wildman–Crippen LogP) is 7.68. The van der Waals surface area contributed by atoms with Gasteiger partial charge in [0, 0.05) is 0 Å². The van der Waals surface area contributed by atoms with Crippen molar-refractivity contribution in [2.24, 2.45) is 0 Å². The summed E-state index contributed by atoms with van der Waals surface area (Å²) in [6, 6.07) is 42.6. The van der Waals surface area contributed by atoms with E-state index in [0.29, 0.717) is 0 Å². The molecule has 38 heavy (non-hydrogen) atoms. The standard InChI is InChI=1S/C18H14.C15H12O5/c1-3-8-15(9-4-1)17-12-7-13-18(14-17)16-10-5-2-6-11-16;16-14(17)11-6-12(15(18)19)8-13(7-11)20-9-10-4-2-1-3-5-10/h1-14H;1-8H,9H2,(H,16,17)(H,18,19). The van der Waals surface area contributed by atoms with Gasteiger partial charge in [0.05, 0.1) is 11.1 Å². The van der Waals surface area contributed by atoms with Crippen molar-refractivity contribution in [2.75, 3.05) is 0 Å². The van der Waals surface area contributed by atoms with Gasteiger partial charge >= 0.3 is 11.9 Å². The molecule has 0 spiro atoms. The van der Waals surface area contributed by atoms with Gasteiger partial charge in [-0.3, -0.25) is 0 Å². The highest BCUT2D eigenvalue weighted by molar-refractivity contribution is 5.94. The number of carboxylic acids is 2. The summed E-state index contributed by atoms with van der Waals surface area (Å²) >= 11 is 0. The molecule has 5 nitrogen and oxygen atoms in total. The molecule has 0 heterocycles. The van der Waals surface area contributed by atoms with E-state index in [0.717, 1.165) is 11.6 Å². The van der Waals surface area contributed by atoms with Crippen LogP contribution in [0.25, 0.3) is 22.3 Å². The Labute approximate surface area is 221 Å². The molecule has 0 fully saturated rings. The van der Waals surface area contributed by atoms with Crippen LogP contribution in [0, 0.1) is 0 Å². The van der Waals surface area contributed by atoms with Crippen LogP contribution >= 0.6 is 0 Å². The summed E-state index contributed by atoms with van der Waals surface area (Å²) < 4.78 is 5.45. The highest BCUT2D eigenvalue weighted by atomic mass is 16.5. The number of ether oxygens (including phenoxy) is 1. The van der Waals surface area contributed by atoms with Crippen molar-refractivity contribution in [1.82, 2.24) is 0 Å². The molecule has 5 heteroatoms. The highest BCUT2D eigenvalue weighted by Crippen LogP contribution is 2.26. The van der Waals surface area contributed by atoms with Crippen LogP contribution in [-0.2, 0) is 6.61 Å². The van der Waals surface area contributed by atoms with Crippen LogP contribution in [0.2, 0.25) is 0 Å². The van der Waals surface area contributed by atoms with Crippen LogP contribution < -0.4 is 4.74 Å². The van der Waals surface area contributed by atoms with Crippen LogP contribution in [0.1, 0.15) is 26.3 Å². The van der Waals surface area contributed by atoms with Gasteiger partial charge in [0.2, 0.25) is 0 Å². The van der Waals surface area contributed by atoms with Crippen LogP contribution in [0.5, 0.6) is 5.75 Å². The SMILES string of the molecule is O=C(O)c1cc(OCc2ccccc2)cc(C(=O)O)c1.c1ccc(-c2cccc(-c3ccccc3)c2)cc1. The number of hydrogen-bond donors (Lipinski definition) is 2. The van der Waals surface area contributed by atoms with Gasteiger partial charge in [-0.1, -0.05) is 109 Å². The molecule has 0 atom stereocenters. The van der Waals surface area contributed by atoms with E-state index in [-0.39, 0.29) is 23.5 Å². The minimum absolute atomic E-state index is 0.118. The summed E-state index contributed by atoms with van der Waals surface area (Å²) in [5, 5.41) is 17.9. The number of hydrogen-bond acceptors (Lipinski definition) is 3. The molecule has 5 rings (SSSR count). The molecule has 2 N–H and O–H groups in total. The zero-order valence-corrected chi connectivity index (χ0v) is 20.5. The smallest absolute Gasteiger partial charge is 0.335 e. The topological polar surface area (TPSA) is 83.8 Å². The quantitative estimate of drug-likeness (QED) is 0.238. The summed E-state index contributed by atoms with van der Waals surface area (Å²) in [6.07, 6.45) is 0. The Balaban J connectivity index is 0.000000178. The van der Waals surface area contributed by atoms with E-state index >= 15 is 0 Å². The third kappa shape index (κ3) is 7.18. The molecule has 0 aromatic heterocycles. The normalized spacial score (nSPS) is 10.1. The molecule has 5 aromatic rings. The van der Waals surface area contributed by atoms with Gasteiger partial charge in [0.15, 0.2) is 0 Å². The Hall–Kier alpha value is -5.16. The van der Waals surface area contributed by atoms with E-state index in [4.69, 9.17) is 14.9 Å². The van der Waals surface area contributed by atoms with Gasteiger partial charge in [0.25, 0.3) is 0 Å². The van der Waals surface area contributed by atoms with Gasteiger partial charge in [-0.2, -0.15) is 0 Å². The van der Waals surface area contributed by atoms with Gasteiger partial charge in [-0.05, 0) is 52.1 Å². The molecule has 0 bridgehead atoms. The summed E-state index contributed by atoms with van der Waals surface area (Å²) in [6.45, 7) is 0.239. The Kier molecular flexibility index (Phi) is 8.66. The lowest BCUT2D eigenvalue weighted by molar-refractivity contribution is 0.0696. The second-order valence-electron chi connectivity index (χ2n) is 8.44. The molecular formula is C33H26O5. The first-order valence-corrected chi connectivity index (χ1v) is 12.0. The molecule has 0 aliphatic carbocycles. The lowest BCUT2D eigenvalue weighted by atomic mass is 9.99. The fraction of sp³-hybridized carbons (Fsp3) is 0.0303. The molecule has 0 saturated carbocycles. The van der Waals surface area contributed by atoms with E-state index < -0.39 is 11.9 Å². The number of carbonyl (C=O) groups is 2. The number of carboxylic acid groups (broad SMARTS) is 2. The summed E-state index contributed by atoms with van der Waals surface area (Å²) in [5.41, 5.74) is 5.71. The van der Waals surface area contributed by atoms with Gasteiger partial charge in [-0.15, -0.1) is 0 Å². The third-order valence-corrected chi connectivity index (χ3v) is 5.73. The predicted molar refractivity (Wildman–Crippen MR) is 148 cm³/mol. The Morgan fingerprint density at radius 1 is 0.500 bits per heavy atom. The molecule has 0 aliphatic heterocycles. The first kappa shape index (κ1) is 25.9. The third-order valence-electron chi connectivity index (χ3n) is 5.73. The molecule has 0 aliphatic rings. The molecule has 0 saturated heterocycles. The van der Waals surface area contributed by atoms with E-state index in [9.17, 15) is 9.59 Å². The maximum Gasteiger partial charge on any atom is 0.335 e. The van der Waals surface area contributed by atoms with Crippen LogP contribution in [-0.4, -0.2) is 22.2 Å². The number of aromatic carboxylic acids is 2. The van der Waals surface area contributed by atoms with Crippen molar-refractivity contribution in [2.45, 2.75) is 6.61 Å². The molecule has 0 radical (unpaired) electrons. The monoisotopic (exact) mass is 502 g/mol. The van der Waals surface area contributed by atoms with Crippen molar-refractivity contribution >= 4 is 11.9 Å². The Morgan fingerprint density at radius 3 is 1.37 bits per heavy atom. The second kappa shape index (κ2) is 12.7. The van der Waals surface area contributed by atoms with Crippen molar-refractivity contribution in [3.63, 3.8) is 0 Å². The van der Waals surface area contributed by atoms with E-state index in [2.05, 4.69) is 72.8 Å². The molecular weight excluding hydrogens is 476 g/mol. The zero-order valence-electron chi connectivity index (χ0n) is 20.5. The average Bonchev–Trinajstić information content (AvgIpc) is 2.98. The van der Waals surface area contributed by atoms with Crippen molar-refractivity contribution < 1.29 is 24.5 Å². The highest BCUT2D eigenvalue weighted by Gasteiger charge is 2.12. The minimum atomic E-state index is -1.20. The maximum atomic E-state index is 11.0. The van der Waals surface area contributed by atoms with Gasteiger partial charge in [0.1, 0.15) is 12.4 Å². The molecule has 0 amide bonds. The van der Waals surface area contributed by atoms with Crippen molar-refractivity contribution in [3.05, 3.63) is 150 Å². The summed E-state index contributed by atoms with van der Waals surface area (Å²) in [7, 11) is 0. The van der Waals surface area contributed by atoms with Crippen molar-refractivity contribution in [1.29, 1.82) is 0 Å². The summed E-state index contributed by atoms with van der Waals surface area (Å²) in [5.74, 6) is -2.18. The van der Waals surface area contributed by atoms with E-state index in [1.54, 1.807) is 0 Å². The first-order valence-electron chi connectivity index (χ1n) is 12.0. The van der Waals surface area contributed by atoms with Gasteiger partial charge in [-0.25, -0.2) is 9.59 Å². The van der Waals surface area contributed by atoms with E-state index in [1.165, 1.54) is 34.4 Å². The Bertz CT molecular complexity index is 1410. The largest absolute Gasteiger partial charge is 0.489 e. The first-order chi connectivity index (χ1) is 18.5. The second-order valence-corrected chi connectivity index (χ2v) is 8.44. The molecule has 188 valence electrons. The lowest BCUT2D eigenvalue weighted by Crippen LogP contribution is -2.04. The van der Waals surface area contributed by atoms with E-state index in [1.807, 2.05) is 42.5 Å². The minimum Gasteiger partial charge on any atom is -0.489 e. The fourth-order valence-corrected chi connectivity index (χ4v) is 3.81. The maximum absolute atomic E-state index is 11.0. The fourth-order valence-electron chi connectivity index (χ4n) is 3.81. The Morgan fingerprint density at radius 2 is 0.921 bits per heavy atom. The van der Waals surface area contributed by atoms with Crippen LogP contribution in [0.3, 0.4) is 0 Å². The molecule has 5 aromatic carbocycles. The zero-order chi connectivity index (χ0) is 26.7. The van der Waals surface area contributed by atoms with Crippen LogP contribution in [0.4, 0.5) is 0 Å². The van der Waals surface area contributed by atoms with Gasteiger partial charge < -0.3 is 14.9 Å². The van der Waals surface area contributed by atoms with Crippen LogP contribution in [0.15, 0.2) is 133 Å². The number of rotatable bonds is 7. The average molecular weight is 503 g/mol. The molecule has 0 unspecified atom stereocenters. The summed E-state index contributed by atoms with van der Waals surface area (Å²) in [4.78, 5) is 21.9. The number of benzene rings is 5.